The van der Waals surface area contributed by atoms with Gasteiger partial charge >= 0.3 is 5.82 Å². The van der Waals surface area contributed by atoms with Gasteiger partial charge in [0.05, 0.1) is 34.7 Å². The number of imidazole rings is 1. The monoisotopic (exact) mass is 419 g/mol. The molecule has 148 valence electrons. The highest BCUT2D eigenvalue weighted by Crippen LogP contribution is 2.28. The van der Waals surface area contributed by atoms with E-state index in [1.807, 2.05) is 0 Å². The molecule has 0 saturated carbocycles. The number of anilines is 1. The van der Waals surface area contributed by atoms with Gasteiger partial charge in [-0.3, -0.25) is 25.7 Å². The first-order valence-corrected chi connectivity index (χ1v) is 8.31. The van der Waals surface area contributed by atoms with Crippen molar-refractivity contribution in [3.8, 4) is 10.8 Å². The van der Waals surface area contributed by atoms with Gasteiger partial charge in [-0.2, -0.15) is 5.10 Å². The van der Waals surface area contributed by atoms with Crippen molar-refractivity contribution in [1.82, 2.24) is 19.7 Å². The van der Waals surface area contributed by atoms with E-state index in [1.165, 1.54) is 17.7 Å². The number of benzene rings is 1. The minimum atomic E-state index is -0.759. The normalized spacial score (nSPS) is 10.9. The molecule has 2 heterocycles. The molecule has 0 atom stereocenters. The molecule has 0 spiro atoms. The zero-order valence-electron chi connectivity index (χ0n) is 14.3. The number of rotatable bonds is 7. The van der Waals surface area contributed by atoms with Crippen LogP contribution in [-0.2, 0) is 7.05 Å². The Labute approximate surface area is 163 Å². The van der Waals surface area contributed by atoms with Crippen LogP contribution in [0.1, 0.15) is 5.56 Å². The van der Waals surface area contributed by atoms with Crippen molar-refractivity contribution >= 4 is 39.9 Å². The van der Waals surface area contributed by atoms with Crippen molar-refractivity contribution < 1.29 is 14.8 Å². The number of nitro groups is 3. The predicted octanol–water partition coefficient (Wildman–Crippen LogP) is 2.11. The van der Waals surface area contributed by atoms with E-state index < -0.39 is 26.1 Å². The fourth-order valence-corrected chi connectivity index (χ4v) is 2.92. The maximum absolute atomic E-state index is 11.1. The molecule has 3 aromatic rings. The number of non-ortho nitro benzene ring substituents is 1. The average molecular weight is 419 g/mol. The number of hydrogen-bond donors (Lipinski definition) is 1. The number of aromatic nitrogens is 4. The van der Waals surface area contributed by atoms with Gasteiger partial charge in [0, 0.05) is 6.07 Å². The minimum Gasteiger partial charge on any atom is -0.358 e. The summed E-state index contributed by atoms with van der Waals surface area (Å²) in [7, 11) is 1.46. The highest BCUT2D eigenvalue weighted by Gasteiger charge is 2.21. The second kappa shape index (κ2) is 7.72. The summed E-state index contributed by atoms with van der Waals surface area (Å²) in [4.78, 5) is 34.6. The summed E-state index contributed by atoms with van der Waals surface area (Å²) in [5, 5.41) is 44.7. The zero-order chi connectivity index (χ0) is 21.1. The Kier molecular flexibility index (Phi) is 5.17. The molecule has 0 unspecified atom stereocenters. The lowest BCUT2D eigenvalue weighted by molar-refractivity contribution is -0.394. The number of nitrogens with one attached hydrogen (secondary N) is 1. The Bertz CT molecular complexity index is 1150. The first kappa shape index (κ1) is 19.4. The van der Waals surface area contributed by atoms with E-state index in [2.05, 4.69) is 25.7 Å². The van der Waals surface area contributed by atoms with E-state index in [-0.39, 0.29) is 22.3 Å². The molecule has 0 aliphatic rings. The van der Waals surface area contributed by atoms with Gasteiger partial charge in [-0.1, -0.05) is 11.3 Å². The SMILES string of the molecule is Cn1c([N+](=O)[O-])cnc1-c1nnc(N/N=C/c2ccc([N+](=O)[O-])cc2[N+](=O)[O-])s1. The van der Waals surface area contributed by atoms with Gasteiger partial charge in [0.2, 0.25) is 10.1 Å². The number of nitro benzene ring substituents is 2. The van der Waals surface area contributed by atoms with Gasteiger partial charge in [-0.15, -0.1) is 10.2 Å². The second-order valence-corrected chi connectivity index (χ2v) is 6.27. The molecule has 0 amide bonds. The third kappa shape index (κ3) is 4.00. The van der Waals surface area contributed by atoms with Crippen molar-refractivity contribution in [3.05, 3.63) is 60.3 Å². The van der Waals surface area contributed by atoms with E-state index in [1.54, 1.807) is 0 Å². The summed E-state index contributed by atoms with van der Waals surface area (Å²) in [5.74, 6) is 0.0189. The molecular formula is C13H9N9O6S. The van der Waals surface area contributed by atoms with Crippen molar-refractivity contribution in [2.75, 3.05) is 5.43 Å². The summed E-state index contributed by atoms with van der Waals surface area (Å²) in [6.07, 6.45) is 2.20. The lowest BCUT2D eigenvalue weighted by Gasteiger charge is -1.97. The van der Waals surface area contributed by atoms with E-state index in [0.717, 1.165) is 35.9 Å². The van der Waals surface area contributed by atoms with Gasteiger partial charge in [0.25, 0.3) is 17.2 Å². The quantitative estimate of drug-likeness (QED) is 0.336. The fourth-order valence-electron chi connectivity index (χ4n) is 2.20. The maximum Gasteiger partial charge on any atom is 0.342 e. The summed E-state index contributed by atoms with van der Waals surface area (Å²) < 4.78 is 1.24. The van der Waals surface area contributed by atoms with Gasteiger partial charge in [0.1, 0.15) is 6.20 Å². The minimum absolute atomic E-state index is 0.0394. The Morgan fingerprint density at radius 3 is 2.52 bits per heavy atom. The molecule has 0 aliphatic heterocycles. The number of hydrazone groups is 1. The Balaban J connectivity index is 1.78. The standard InChI is InChI=1S/C13H9N9O6S/c1-19-10(22(27)28)6-14-11(19)12-16-18-13(29-12)17-15-5-7-2-3-8(20(23)24)4-9(7)21(25)26/h2-6H,1H3,(H,17,18)/b15-5+. The van der Waals surface area contributed by atoms with Gasteiger partial charge in [-0.05, 0) is 11.0 Å². The highest BCUT2D eigenvalue weighted by atomic mass is 32.1. The van der Waals surface area contributed by atoms with E-state index in [9.17, 15) is 30.3 Å². The number of hydrogen-bond acceptors (Lipinski definition) is 12. The molecule has 1 N–H and O–H groups in total. The molecule has 1 aromatic carbocycles. The molecule has 0 bridgehead atoms. The van der Waals surface area contributed by atoms with Crippen LogP contribution in [0.25, 0.3) is 10.8 Å². The smallest absolute Gasteiger partial charge is 0.342 e. The summed E-state index contributed by atoms with van der Waals surface area (Å²) in [5.41, 5.74) is 1.66. The molecular weight excluding hydrogens is 410 g/mol. The summed E-state index contributed by atoms with van der Waals surface area (Å²) in [6.45, 7) is 0. The van der Waals surface area contributed by atoms with Crippen LogP contribution in [0.15, 0.2) is 29.5 Å². The van der Waals surface area contributed by atoms with Gasteiger partial charge < -0.3 is 10.1 Å². The van der Waals surface area contributed by atoms with Crippen molar-refractivity contribution in [3.63, 3.8) is 0 Å². The van der Waals surface area contributed by atoms with E-state index >= 15 is 0 Å². The molecule has 15 nitrogen and oxygen atoms in total. The van der Waals surface area contributed by atoms with Crippen LogP contribution in [0.3, 0.4) is 0 Å². The molecule has 0 fully saturated rings. The largest absolute Gasteiger partial charge is 0.358 e. The highest BCUT2D eigenvalue weighted by molar-refractivity contribution is 7.18. The molecule has 3 rings (SSSR count). The molecule has 0 saturated heterocycles. The van der Waals surface area contributed by atoms with E-state index in [0.29, 0.717) is 5.01 Å². The van der Waals surface area contributed by atoms with Gasteiger partial charge in [0.15, 0.2) is 0 Å². The third-order valence-corrected chi connectivity index (χ3v) is 4.38. The lowest BCUT2D eigenvalue weighted by atomic mass is 10.2. The van der Waals surface area contributed by atoms with Crippen LogP contribution in [0.4, 0.5) is 22.3 Å². The van der Waals surface area contributed by atoms with Crippen molar-refractivity contribution in [2.45, 2.75) is 0 Å². The topological polar surface area (TPSA) is 197 Å². The third-order valence-electron chi connectivity index (χ3n) is 3.55. The number of nitrogens with zero attached hydrogens (tertiary/aromatic N) is 8. The maximum atomic E-state index is 11.1. The zero-order valence-corrected chi connectivity index (χ0v) is 15.1. The second-order valence-electron chi connectivity index (χ2n) is 5.30. The molecule has 0 aliphatic carbocycles. The fraction of sp³-hybridized carbons (Fsp3) is 0.0769. The van der Waals surface area contributed by atoms with Crippen LogP contribution in [0, 0.1) is 30.3 Å². The molecule has 29 heavy (non-hydrogen) atoms. The van der Waals surface area contributed by atoms with Crippen molar-refractivity contribution in [1.29, 1.82) is 0 Å². The van der Waals surface area contributed by atoms with Crippen LogP contribution in [-0.4, -0.2) is 40.7 Å². The first-order chi connectivity index (χ1) is 13.8. The molecule has 0 radical (unpaired) electrons. The van der Waals surface area contributed by atoms with Crippen molar-refractivity contribution in [2.24, 2.45) is 12.1 Å². The van der Waals surface area contributed by atoms with Crippen LogP contribution >= 0.6 is 11.3 Å². The summed E-state index contributed by atoms with van der Waals surface area (Å²) in [6, 6.07) is 3.14. The van der Waals surface area contributed by atoms with Crippen LogP contribution < -0.4 is 5.43 Å². The predicted molar refractivity (Wildman–Crippen MR) is 99.7 cm³/mol. The summed E-state index contributed by atoms with van der Waals surface area (Å²) >= 11 is 1.00. The molecule has 2 aromatic heterocycles. The van der Waals surface area contributed by atoms with Gasteiger partial charge in [-0.25, -0.2) is 9.55 Å². The average Bonchev–Trinajstić information content (AvgIpc) is 3.28. The Morgan fingerprint density at radius 1 is 1.14 bits per heavy atom. The van der Waals surface area contributed by atoms with E-state index in [4.69, 9.17) is 0 Å². The lowest BCUT2D eigenvalue weighted by Crippen LogP contribution is -1.98. The van der Waals surface area contributed by atoms with Crippen LogP contribution in [0.2, 0.25) is 0 Å². The first-order valence-electron chi connectivity index (χ1n) is 7.50. The Hall–Kier alpha value is -4.34. The Morgan fingerprint density at radius 2 is 1.90 bits per heavy atom. The molecule has 16 heteroatoms. The van der Waals surface area contributed by atoms with Crippen LogP contribution in [0.5, 0.6) is 0 Å².